The Balaban J connectivity index is 3.55. The maximum absolute atomic E-state index is 12.4. The molecule has 0 aliphatic rings. The van der Waals surface area contributed by atoms with Gasteiger partial charge in [0.1, 0.15) is 6.61 Å². The number of rotatable bonds is 70. The summed E-state index contributed by atoms with van der Waals surface area (Å²) in [6.07, 6.45) is 124. The molecule has 92 heavy (non-hydrogen) atoms. The van der Waals surface area contributed by atoms with E-state index in [9.17, 15) is 14.7 Å². The van der Waals surface area contributed by atoms with Gasteiger partial charge in [-0.1, -0.05) is 370 Å². The van der Waals surface area contributed by atoms with Crippen LogP contribution in [0.4, 0.5) is 0 Å². The lowest BCUT2D eigenvalue weighted by atomic mass is 10.0. The van der Waals surface area contributed by atoms with Gasteiger partial charge in [-0.3, -0.25) is 9.59 Å². The Morgan fingerprint density at radius 1 is 0.261 bits per heavy atom. The van der Waals surface area contributed by atoms with Crippen molar-refractivity contribution in [1.82, 2.24) is 0 Å². The molecular formula is C87H144O5. The van der Waals surface area contributed by atoms with Crippen LogP contribution in [0.5, 0.6) is 0 Å². The Hall–Kier alpha value is -4.74. The molecule has 0 saturated heterocycles. The van der Waals surface area contributed by atoms with Crippen molar-refractivity contribution >= 4 is 11.9 Å². The molecule has 0 saturated carbocycles. The van der Waals surface area contributed by atoms with E-state index in [1.54, 1.807) is 0 Å². The minimum absolute atomic E-state index is 0.0904. The topological polar surface area (TPSA) is 72.8 Å². The van der Waals surface area contributed by atoms with Gasteiger partial charge in [-0.05, 0) is 135 Å². The number of allylic oxidation sites excluding steroid dienone is 28. The fraction of sp³-hybridized carbons (Fsp3) is 0.655. The van der Waals surface area contributed by atoms with Crippen molar-refractivity contribution in [2.75, 3.05) is 13.2 Å². The maximum atomic E-state index is 12.4. The van der Waals surface area contributed by atoms with E-state index in [1.165, 1.54) is 199 Å². The Morgan fingerprint density at radius 2 is 0.467 bits per heavy atom. The predicted octanol–water partition coefficient (Wildman–Crippen LogP) is 27.5. The van der Waals surface area contributed by atoms with E-state index in [0.717, 1.165) is 116 Å². The number of aliphatic hydroxyl groups excluding tert-OH is 1. The van der Waals surface area contributed by atoms with Crippen molar-refractivity contribution in [2.45, 2.75) is 354 Å². The molecule has 0 rings (SSSR count). The van der Waals surface area contributed by atoms with Gasteiger partial charge < -0.3 is 14.6 Å². The maximum Gasteiger partial charge on any atom is 0.306 e. The fourth-order valence-corrected chi connectivity index (χ4v) is 10.7. The highest BCUT2D eigenvalue weighted by molar-refractivity contribution is 5.70. The molecule has 0 aliphatic carbocycles. The standard InChI is InChI=1S/C87H144O5/c1-3-5-7-9-11-13-15-17-19-21-23-25-27-29-31-33-35-37-39-41-43-45-47-49-51-53-55-57-59-61-63-65-67-69-71-73-75-77-79-81-86(89)91-84-85(83-88)92-87(90)82-80-78-76-74-72-70-68-66-64-62-60-58-56-54-52-50-48-46-44-42-40-38-36-34-32-30-28-26-24-22-20-18-16-14-12-10-8-6-4-2/h6,8,12,14-15,17-18,20-21,23-24,26,30,32,36,38,42,44,48,50,54,56,60,62,66,68,72,74,85,88H,3-5,7,9-11,13,16,19,22,25,27-29,31,33-35,37,39-41,43,45-47,49,51-53,55,57-59,61,63-65,67,69-71,73,75-84H2,1-2H3/b8-6-,14-12-,17-15-,20-18-,23-21-,26-24-,32-30-,38-36-,44-42-,50-48-,56-54-,62-60-,68-66-,74-72-. The van der Waals surface area contributed by atoms with Crippen LogP contribution in [0.3, 0.4) is 0 Å². The SMILES string of the molecule is CC/C=C\C/C=C\C/C=C\C/C=C\C/C=C\C/C=C\C/C=C\C/C=C\C/C=C\C/C=C\C/C=C\C/C=C\CCCCC(=O)OC(CO)COC(=O)CCCCCCCCCCCCCCCCCCCCCCCCCCCCC/C=C\C/C=C\CCCCCCC. The number of ether oxygens (including phenoxy) is 2. The summed E-state index contributed by atoms with van der Waals surface area (Å²) >= 11 is 0. The summed E-state index contributed by atoms with van der Waals surface area (Å²) in [5, 5.41) is 9.71. The summed E-state index contributed by atoms with van der Waals surface area (Å²) in [5.41, 5.74) is 0. The quantitative estimate of drug-likeness (QED) is 0.0373. The minimum Gasteiger partial charge on any atom is -0.462 e. The van der Waals surface area contributed by atoms with Crippen LogP contribution in [0.25, 0.3) is 0 Å². The first-order valence-corrected chi connectivity index (χ1v) is 38.7. The average Bonchev–Trinajstić information content (AvgIpc) is 3.75. The van der Waals surface area contributed by atoms with Gasteiger partial charge >= 0.3 is 11.9 Å². The van der Waals surface area contributed by atoms with E-state index >= 15 is 0 Å². The molecule has 0 heterocycles. The van der Waals surface area contributed by atoms with Crippen LogP contribution in [0, 0.1) is 0 Å². The Morgan fingerprint density at radius 3 is 0.728 bits per heavy atom. The highest BCUT2D eigenvalue weighted by Crippen LogP contribution is 2.18. The Kier molecular flexibility index (Phi) is 76.3. The van der Waals surface area contributed by atoms with Gasteiger partial charge in [0.05, 0.1) is 6.61 Å². The average molecular weight is 1270 g/mol. The van der Waals surface area contributed by atoms with Gasteiger partial charge in [0.25, 0.3) is 0 Å². The van der Waals surface area contributed by atoms with Crippen LogP contribution in [-0.2, 0) is 19.1 Å². The molecule has 0 fully saturated rings. The van der Waals surface area contributed by atoms with E-state index in [-0.39, 0.29) is 25.2 Å². The normalized spacial score (nSPS) is 13.2. The number of carbonyl (C=O) groups excluding carboxylic acids is 2. The summed E-state index contributed by atoms with van der Waals surface area (Å²) in [4.78, 5) is 24.7. The predicted molar refractivity (Wildman–Crippen MR) is 407 cm³/mol. The zero-order chi connectivity index (χ0) is 66.1. The van der Waals surface area contributed by atoms with Crippen molar-refractivity contribution in [3.8, 4) is 0 Å². The molecule has 0 spiro atoms. The third-order valence-electron chi connectivity index (χ3n) is 16.5. The van der Waals surface area contributed by atoms with Crippen molar-refractivity contribution in [2.24, 2.45) is 0 Å². The molecule has 1 N–H and O–H groups in total. The van der Waals surface area contributed by atoms with E-state index in [0.29, 0.717) is 19.3 Å². The second-order valence-corrected chi connectivity index (χ2v) is 25.3. The molecule has 1 unspecified atom stereocenters. The van der Waals surface area contributed by atoms with Crippen LogP contribution in [-0.4, -0.2) is 36.4 Å². The zero-order valence-electron chi connectivity index (χ0n) is 60.0. The van der Waals surface area contributed by atoms with Gasteiger partial charge in [0.2, 0.25) is 0 Å². The van der Waals surface area contributed by atoms with Crippen LogP contribution in [0.15, 0.2) is 170 Å². The van der Waals surface area contributed by atoms with E-state index in [4.69, 9.17) is 9.47 Å². The first kappa shape index (κ1) is 87.3. The monoisotopic (exact) mass is 1270 g/mol. The smallest absolute Gasteiger partial charge is 0.306 e. The van der Waals surface area contributed by atoms with Crippen LogP contribution >= 0.6 is 0 Å². The van der Waals surface area contributed by atoms with Crippen molar-refractivity contribution in [3.63, 3.8) is 0 Å². The summed E-state index contributed by atoms with van der Waals surface area (Å²) in [5.74, 6) is -0.640. The second-order valence-electron chi connectivity index (χ2n) is 25.3. The number of hydrogen-bond acceptors (Lipinski definition) is 5. The highest BCUT2D eigenvalue weighted by Gasteiger charge is 2.16. The molecule has 0 amide bonds. The summed E-state index contributed by atoms with van der Waals surface area (Å²) in [6, 6.07) is 0. The summed E-state index contributed by atoms with van der Waals surface area (Å²) in [7, 11) is 0. The van der Waals surface area contributed by atoms with Crippen molar-refractivity contribution in [3.05, 3.63) is 170 Å². The second kappa shape index (κ2) is 80.5. The van der Waals surface area contributed by atoms with Crippen molar-refractivity contribution in [1.29, 1.82) is 0 Å². The largest absolute Gasteiger partial charge is 0.462 e. The van der Waals surface area contributed by atoms with Crippen LogP contribution < -0.4 is 0 Å². The van der Waals surface area contributed by atoms with E-state index in [1.807, 2.05) is 0 Å². The van der Waals surface area contributed by atoms with Crippen molar-refractivity contribution < 1.29 is 24.2 Å². The molecule has 5 heteroatoms. The molecule has 0 aliphatic heterocycles. The van der Waals surface area contributed by atoms with Gasteiger partial charge in [-0.2, -0.15) is 0 Å². The lowest BCUT2D eigenvalue weighted by molar-refractivity contribution is -0.161. The molecule has 0 aromatic carbocycles. The molecule has 1 atom stereocenters. The lowest BCUT2D eigenvalue weighted by Gasteiger charge is -2.15. The Bertz CT molecular complexity index is 1980. The van der Waals surface area contributed by atoms with Gasteiger partial charge in [-0.25, -0.2) is 0 Å². The summed E-state index contributed by atoms with van der Waals surface area (Å²) in [6.45, 7) is 4.00. The first-order valence-electron chi connectivity index (χ1n) is 38.7. The number of esters is 2. The fourth-order valence-electron chi connectivity index (χ4n) is 10.7. The molecule has 5 nitrogen and oxygen atoms in total. The van der Waals surface area contributed by atoms with Gasteiger partial charge in [0.15, 0.2) is 6.10 Å². The van der Waals surface area contributed by atoms with E-state index < -0.39 is 6.10 Å². The highest BCUT2D eigenvalue weighted by atomic mass is 16.6. The third-order valence-corrected chi connectivity index (χ3v) is 16.5. The number of hydrogen-bond donors (Lipinski definition) is 1. The molecular weight excluding hydrogens is 1120 g/mol. The van der Waals surface area contributed by atoms with Crippen LogP contribution in [0.2, 0.25) is 0 Å². The molecule has 0 bridgehead atoms. The molecule has 0 aromatic heterocycles. The minimum atomic E-state index is -0.808. The van der Waals surface area contributed by atoms with Gasteiger partial charge in [0, 0.05) is 12.8 Å². The number of aliphatic hydroxyl groups is 1. The number of carbonyl (C=O) groups is 2. The number of unbranched alkanes of at least 4 members (excludes halogenated alkanes) is 34. The van der Waals surface area contributed by atoms with Crippen LogP contribution in [0.1, 0.15) is 348 Å². The summed E-state index contributed by atoms with van der Waals surface area (Å²) < 4.78 is 10.7. The van der Waals surface area contributed by atoms with E-state index in [2.05, 4.69) is 184 Å². The molecule has 0 radical (unpaired) electrons. The Labute approximate surface area is 570 Å². The third kappa shape index (κ3) is 77.7. The zero-order valence-corrected chi connectivity index (χ0v) is 60.0. The first-order chi connectivity index (χ1) is 45.6. The molecule has 522 valence electrons. The lowest BCUT2D eigenvalue weighted by Crippen LogP contribution is -2.28. The molecule has 0 aromatic rings. The van der Waals surface area contributed by atoms with Gasteiger partial charge in [-0.15, -0.1) is 0 Å².